The lowest BCUT2D eigenvalue weighted by Gasteiger charge is -2.19. The SMILES string of the molecule is COc1ccccc1C(=O)NC(CCSC)C(=O)NCCc1cccc(Cl)c1Cl. The predicted molar refractivity (Wildman–Crippen MR) is 120 cm³/mol. The van der Waals surface area contributed by atoms with Crippen LogP contribution in [0, 0.1) is 0 Å². The number of ether oxygens (including phenoxy) is 1. The van der Waals surface area contributed by atoms with Crippen LogP contribution in [0.15, 0.2) is 42.5 Å². The third-order valence-corrected chi connectivity index (χ3v) is 5.81. The number of methoxy groups -OCH3 is 1. The van der Waals surface area contributed by atoms with Crippen molar-refractivity contribution in [1.82, 2.24) is 10.6 Å². The highest BCUT2D eigenvalue weighted by atomic mass is 35.5. The lowest BCUT2D eigenvalue weighted by atomic mass is 10.1. The van der Waals surface area contributed by atoms with E-state index in [9.17, 15) is 9.59 Å². The molecule has 29 heavy (non-hydrogen) atoms. The van der Waals surface area contributed by atoms with Crippen LogP contribution < -0.4 is 15.4 Å². The number of amides is 2. The normalized spacial score (nSPS) is 11.6. The Morgan fingerprint density at radius 1 is 1.14 bits per heavy atom. The van der Waals surface area contributed by atoms with Crippen LogP contribution in [-0.4, -0.2) is 43.5 Å². The first-order chi connectivity index (χ1) is 14.0. The molecule has 0 radical (unpaired) electrons. The van der Waals surface area contributed by atoms with E-state index in [0.29, 0.717) is 40.7 Å². The third-order valence-electron chi connectivity index (χ3n) is 4.31. The zero-order chi connectivity index (χ0) is 21.2. The summed E-state index contributed by atoms with van der Waals surface area (Å²) in [6.07, 6.45) is 3.02. The van der Waals surface area contributed by atoms with E-state index in [1.54, 1.807) is 42.1 Å². The largest absolute Gasteiger partial charge is 0.496 e. The minimum atomic E-state index is -0.644. The van der Waals surface area contributed by atoms with Crippen LogP contribution in [0.5, 0.6) is 5.75 Å². The van der Waals surface area contributed by atoms with Crippen LogP contribution in [0.2, 0.25) is 10.0 Å². The Bertz CT molecular complexity index is 848. The van der Waals surface area contributed by atoms with E-state index in [4.69, 9.17) is 27.9 Å². The Kier molecular flexibility index (Phi) is 9.64. The van der Waals surface area contributed by atoms with Gasteiger partial charge in [-0.3, -0.25) is 9.59 Å². The highest BCUT2D eigenvalue weighted by Crippen LogP contribution is 2.25. The first kappa shape index (κ1) is 23.4. The minimum Gasteiger partial charge on any atom is -0.496 e. The first-order valence-corrected chi connectivity index (χ1v) is 11.3. The van der Waals surface area contributed by atoms with Gasteiger partial charge in [0.2, 0.25) is 5.91 Å². The molecule has 0 aliphatic heterocycles. The lowest BCUT2D eigenvalue weighted by Crippen LogP contribution is -2.47. The molecule has 0 aromatic heterocycles. The molecule has 156 valence electrons. The minimum absolute atomic E-state index is 0.236. The van der Waals surface area contributed by atoms with Crippen molar-refractivity contribution >= 4 is 46.8 Å². The molecule has 5 nitrogen and oxygen atoms in total. The molecular weight excluding hydrogens is 431 g/mol. The van der Waals surface area contributed by atoms with Gasteiger partial charge in [-0.15, -0.1) is 0 Å². The summed E-state index contributed by atoms with van der Waals surface area (Å²) in [5, 5.41) is 6.67. The van der Waals surface area contributed by atoms with Gasteiger partial charge in [-0.2, -0.15) is 11.8 Å². The van der Waals surface area contributed by atoms with Crippen LogP contribution in [0.3, 0.4) is 0 Å². The van der Waals surface area contributed by atoms with E-state index in [1.165, 1.54) is 7.11 Å². The summed E-state index contributed by atoms with van der Waals surface area (Å²) in [5.41, 5.74) is 1.25. The van der Waals surface area contributed by atoms with E-state index in [1.807, 2.05) is 18.4 Å². The second-order valence-electron chi connectivity index (χ2n) is 6.26. The summed E-state index contributed by atoms with van der Waals surface area (Å²) < 4.78 is 5.24. The summed E-state index contributed by atoms with van der Waals surface area (Å²) in [6, 6.07) is 11.7. The average Bonchev–Trinajstić information content (AvgIpc) is 2.73. The second-order valence-corrected chi connectivity index (χ2v) is 8.03. The molecule has 0 heterocycles. The molecule has 0 bridgehead atoms. The predicted octanol–water partition coefficient (Wildman–Crippen LogP) is 4.21. The van der Waals surface area contributed by atoms with Gasteiger partial charge in [-0.1, -0.05) is 47.5 Å². The molecule has 0 fully saturated rings. The Balaban J connectivity index is 2.00. The van der Waals surface area contributed by atoms with Crippen molar-refractivity contribution < 1.29 is 14.3 Å². The molecule has 2 N–H and O–H groups in total. The second kappa shape index (κ2) is 12.0. The Morgan fingerprint density at radius 3 is 2.62 bits per heavy atom. The number of hydrogen-bond acceptors (Lipinski definition) is 4. The van der Waals surface area contributed by atoms with Crippen molar-refractivity contribution in [3.8, 4) is 5.75 Å². The maximum absolute atomic E-state index is 12.7. The van der Waals surface area contributed by atoms with Crippen LogP contribution >= 0.6 is 35.0 Å². The molecular formula is C21H24Cl2N2O3S. The number of carbonyl (C=O) groups excluding carboxylic acids is 2. The fourth-order valence-electron chi connectivity index (χ4n) is 2.76. The highest BCUT2D eigenvalue weighted by molar-refractivity contribution is 7.98. The number of nitrogens with one attached hydrogen (secondary N) is 2. The Hall–Kier alpha value is -1.89. The maximum atomic E-state index is 12.7. The maximum Gasteiger partial charge on any atom is 0.255 e. The zero-order valence-electron chi connectivity index (χ0n) is 16.3. The topological polar surface area (TPSA) is 67.4 Å². The van der Waals surface area contributed by atoms with E-state index < -0.39 is 6.04 Å². The van der Waals surface area contributed by atoms with Gasteiger partial charge < -0.3 is 15.4 Å². The van der Waals surface area contributed by atoms with E-state index in [-0.39, 0.29) is 11.8 Å². The van der Waals surface area contributed by atoms with Crippen molar-refractivity contribution in [3.05, 3.63) is 63.6 Å². The summed E-state index contributed by atoms with van der Waals surface area (Å²) in [7, 11) is 1.50. The molecule has 2 aromatic rings. The van der Waals surface area contributed by atoms with Gasteiger partial charge in [0.05, 0.1) is 22.7 Å². The van der Waals surface area contributed by atoms with Crippen molar-refractivity contribution in [3.63, 3.8) is 0 Å². The Labute approximate surface area is 185 Å². The van der Waals surface area contributed by atoms with Gasteiger partial charge in [0.15, 0.2) is 0 Å². The summed E-state index contributed by atoms with van der Waals surface area (Å²) in [4.78, 5) is 25.4. The summed E-state index contributed by atoms with van der Waals surface area (Å²) in [5.74, 6) is 0.622. The molecule has 2 rings (SSSR count). The van der Waals surface area contributed by atoms with Crippen molar-refractivity contribution in [2.24, 2.45) is 0 Å². The molecule has 0 aliphatic rings. The molecule has 0 saturated heterocycles. The number of halogens is 2. The molecule has 2 amide bonds. The monoisotopic (exact) mass is 454 g/mol. The fraction of sp³-hybridized carbons (Fsp3) is 0.333. The van der Waals surface area contributed by atoms with Gasteiger partial charge in [-0.05, 0) is 48.6 Å². The standard InChI is InChI=1S/C21H24Cl2N2O3S/c1-28-18-9-4-3-7-15(18)20(26)25-17(11-13-29-2)21(27)24-12-10-14-6-5-8-16(22)19(14)23/h3-9,17H,10-13H2,1-2H3,(H,24,27)(H,25,26). The average molecular weight is 455 g/mol. The fourth-order valence-corrected chi connectivity index (χ4v) is 3.64. The Morgan fingerprint density at radius 2 is 1.90 bits per heavy atom. The van der Waals surface area contributed by atoms with Crippen LogP contribution in [0.25, 0.3) is 0 Å². The quantitative estimate of drug-likeness (QED) is 0.563. The molecule has 0 saturated carbocycles. The molecule has 0 aliphatic carbocycles. The van der Waals surface area contributed by atoms with Crippen LogP contribution in [0.1, 0.15) is 22.3 Å². The molecule has 8 heteroatoms. The van der Waals surface area contributed by atoms with Gasteiger partial charge in [0, 0.05) is 6.54 Å². The summed E-state index contributed by atoms with van der Waals surface area (Å²) >= 11 is 13.8. The number of rotatable bonds is 10. The van der Waals surface area contributed by atoms with Gasteiger partial charge in [-0.25, -0.2) is 0 Å². The molecule has 1 atom stereocenters. The van der Waals surface area contributed by atoms with Crippen LogP contribution in [-0.2, 0) is 11.2 Å². The van der Waals surface area contributed by atoms with Crippen molar-refractivity contribution in [1.29, 1.82) is 0 Å². The highest BCUT2D eigenvalue weighted by Gasteiger charge is 2.22. The molecule has 1 unspecified atom stereocenters. The van der Waals surface area contributed by atoms with Gasteiger partial charge >= 0.3 is 0 Å². The molecule has 0 spiro atoms. The number of hydrogen-bond donors (Lipinski definition) is 2. The molecule has 2 aromatic carbocycles. The first-order valence-electron chi connectivity index (χ1n) is 9.11. The van der Waals surface area contributed by atoms with Crippen molar-refractivity contribution in [2.75, 3.05) is 25.7 Å². The van der Waals surface area contributed by atoms with Crippen molar-refractivity contribution in [2.45, 2.75) is 18.9 Å². The number of carbonyl (C=O) groups is 2. The number of thioether (sulfide) groups is 1. The number of para-hydroxylation sites is 1. The van der Waals surface area contributed by atoms with Gasteiger partial charge in [0.1, 0.15) is 11.8 Å². The van der Waals surface area contributed by atoms with E-state index >= 15 is 0 Å². The zero-order valence-corrected chi connectivity index (χ0v) is 18.7. The number of benzene rings is 2. The third kappa shape index (κ3) is 6.84. The summed E-state index contributed by atoms with van der Waals surface area (Å²) in [6.45, 7) is 0.388. The smallest absolute Gasteiger partial charge is 0.255 e. The lowest BCUT2D eigenvalue weighted by molar-refractivity contribution is -0.122. The van der Waals surface area contributed by atoms with Gasteiger partial charge in [0.25, 0.3) is 5.91 Å². The van der Waals surface area contributed by atoms with E-state index in [2.05, 4.69) is 10.6 Å². The van der Waals surface area contributed by atoms with Crippen LogP contribution in [0.4, 0.5) is 0 Å². The van der Waals surface area contributed by atoms with E-state index in [0.717, 1.165) is 11.3 Å².